The van der Waals surface area contributed by atoms with Crippen molar-refractivity contribution in [1.82, 2.24) is 9.80 Å². The lowest BCUT2D eigenvalue weighted by molar-refractivity contribution is -0.128. The van der Waals surface area contributed by atoms with Crippen molar-refractivity contribution in [3.8, 4) is 0 Å². The summed E-state index contributed by atoms with van der Waals surface area (Å²) in [6.45, 7) is 3.52. The second-order valence-electron chi connectivity index (χ2n) is 6.65. The minimum atomic E-state index is -0.318. The van der Waals surface area contributed by atoms with E-state index in [2.05, 4.69) is 15.5 Å². The fourth-order valence-corrected chi connectivity index (χ4v) is 2.83. The van der Waals surface area contributed by atoms with Gasteiger partial charge in [0, 0.05) is 37.8 Å². The van der Waals surface area contributed by atoms with E-state index in [1.54, 1.807) is 29.2 Å². The molecule has 2 rings (SSSR count). The summed E-state index contributed by atoms with van der Waals surface area (Å²) in [6.07, 6.45) is 1.16. The standard InChI is InChI=1S/C18H26N4O3/c1-13(23)19-15-5-7-16(8-6-15)20-18(25)14-11-17(24)22(12-14)10-4-9-21(2)3/h5-8,14H,4,9-12H2,1-3H3,(H,19,23)(H,20,25). The number of carbonyl (C=O) groups is 3. The first-order valence-electron chi connectivity index (χ1n) is 8.46. The first-order valence-corrected chi connectivity index (χ1v) is 8.46. The summed E-state index contributed by atoms with van der Waals surface area (Å²) >= 11 is 0. The number of nitrogens with zero attached hydrogens (tertiary/aromatic N) is 2. The maximum absolute atomic E-state index is 12.4. The molecule has 1 unspecified atom stereocenters. The largest absolute Gasteiger partial charge is 0.342 e. The lowest BCUT2D eigenvalue weighted by atomic mass is 10.1. The van der Waals surface area contributed by atoms with Crippen molar-refractivity contribution in [1.29, 1.82) is 0 Å². The van der Waals surface area contributed by atoms with Gasteiger partial charge in [0.2, 0.25) is 17.7 Å². The lowest BCUT2D eigenvalue weighted by Crippen LogP contribution is -2.30. The molecule has 0 spiro atoms. The number of amides is 3. The molecule has 1 atom stereocenters. The van der Waals surface area contributed by atoms with E-state index in [9.17, 15) is 14.4 Å². The molecule has 0 aromatic heterocycles. The summed E-state index contributed by atoms with van der Waals surface area (Å²) in [4.78, 5) is 39.3. The molecule has 1 fully saturated rings. The van der Waals surface area contributed by atoms with Crippen LogP contribution in [0.3, 0.4) is 0 Å². The van der Waals surface area contributed by atoms with Gasteiger partial charge < -0.3 is 20.4 Å². The highest BCUT2D eigenvalue weighted by Crippen LogP contribution is 2.21. The van der Waals surface area contributed by atoms with E-state index in [0.29, 0.717) is 24.5 Å². The van der Waals surface area contributed by atoms with Crippen LogP contribution in [0, 0.1) is 5.92 Å². The van der Waals surface area contributed by atoms with Crippen LogP contribution >= 0.6 is 0 Å². The first kappa shape index (κ1) is 18.9. The molecule has 7 nitrogen and oxygen atoms in total. The molecule has 1 aromatic rings. The van der Waals surface area contributed by atoms with Gasteiger partial charge in [-0.1, -0.05) is 0 Å². The molecule has 1 heterocycles. The summed E-state index contributed by atoms with van der Waals surface area (Å²) in [5, 5.41) is 5.51. The van der Waals surface area contributed by atoms with Crippen LogP contribution < -0.4 is 10.6 Å². The number of likely N-dealkylation sites (tertiary alicyclic amines) is 1. The predicted octanol–water partition coefficient (Wildman–Crippen LogP) is 1.38. The Kier molecular flexibility index (Phi) is 6.52. The highest BCUT2D eigenvalue weighted by Gasteiger charge is 2.33. The van der Waals surface area contributed by atoms with E-state index in [4.69, 9.17) is 0 Å². The number of rotatable bonds is 7. The average Bonchev–Trinajstić information content (AvgIpc) is 2.90. The third kappa shape index (κ3) is 5.86. The van der Waals surface area contributed by atoms with Crippen LogP contribution in [0.2, 0.25) is 0 Å². The molecular weight excluding hydrogens is 320 g/mol. The van der Waals surface area contributed by atoms with Crippen LogP contribution in [0.4, 0.5) is 11.4 Å². The zero-order chi connectivity index (χ0) is 18.4. The predicted molar refractivity (Wildman–Crippen MR) is 97.2 cm³/mol. The van der Waals surface area contributed by atoms with Gasteiger partial charge in [-0.05, 0) is 51.3 Å². The van der Waals surface area contributed by atoms with Gasteiger partial charge in [0.1, 0.15) is 0 Å². The molecule has 3 amide bonds. The van der Waals surface area contributed by atoms with E-state index in [1.807, 2.05) is 14.1 Å². The molecular formula is C18H26N4O3. The SMILES string of the molecule is CC(=O)Nc1ccc(NC(=O)C2CC(=O)N(CCCN(C)C)C2)cc1. The summed E-state index contributed by atoms with van der Waals surface area (Å²) in [5.74, 6) is -0.562. The number of hydrogen-bond donors (Lipinski definition) is 2. The summed E-state index contributed by atoms with van der Waals surface area (Å²) in [5.41, 5.74) is 1.33. The second-order valence-corrected chi connectivity index (χ2v) is 6.65. The minimum absolute atomic E-state index is 0.0416. The number of nitrogens with one attached hydrogen (secondary N) is 2. The maximum Gasteiger partial charge on any atom is 0.229 e. The van der Waals surface area contributed by atoms with Crippen molar-refractivity contribution in [2.24, 2.45) is 5.92 Å². The molecule has 0 radical (unpaired) electrons. The topological polar surface area (TPSA) is 81.8 Å². The van der Waals surface area contributed by atoms with Crippen molar-refractivity contribution >= 4 is 29.1 Å². The molecule has 0 bridgehead atoms. The summed E-state index contributed by atoms with van der Waals surface area (Å²) in [7, 11) is 4.00. The molecule has 7 heteroatoms. The van der Waals surface area contributed by atoms with Crippen molar-refractivity contribution in [2.45, 2.75) is 19.8 Å². The molecule has 0 aliphatic carbocycles. The van der Waals surface area contributed by atoms with Gasteiger partial charge in [-0.2, -0.15) is 0 Å². The smallest absolute Gasteiger partial charge is 0.229 e. The number of benzene rings is 1. The number of anilines is 2. The van der Waals surface area contributed by atoms with Crippen LogP contribution in [-0.4, -0.2) is 61.3 Å². The summed E-state index contributed by atoms with van der Waals surface area (Å²) < 4.78 is 0. The van der Waals surface area contributed by atoms with E-state index in [1.165, 1.54) is 6.92 Å². The fraction of sp³-hybridized carbons (Fsp3) is 0.500. The normalized spacial score (nSPS) is 17.0. The molecule has 136 valence electrons. The Morgan fingerprint density at radius 2 is 1.76 bits per heavy atom. The van der Waals surface area contributed by atoms with E-state index >= 15 is 0 Å². The molecule has 1 aliphatic heterocycles. The second kappa shape index (κ2) is 8.62. The van der Waals surface area contributed by atoms with Crippen LogP contribution in [0.15, 0.2) is 24.3 Å². The Labute approximate surface area is 148 Å². The molecule has 1 aliphatic rings. The van der Waals surface area contributed by atoms with E-state index in [0.717, 1.165) is 13.0 Å². The fourth-order valence-electron chi connectivity index (χ4n) is 2.83. The van der Waals surface area contributed by atoms with Gasteiger partial charge in [-0.25, -0.2) is 0 Å². The Morgan fingerprint density at radius 3 is 2.32 bits per heavy atom. The van der Waals surface area contributed by atoms with Gasteiger partial charge in [0.25, 0.3) is 0 Å². The zero-order valence-electron chi connectivity index (χ0n) is 15.0. The molecule has 1 saturated heterocycles. The van der Waals surface area contributed by atoms with Crippen LogP contribution in [0.5, 0.6) is 0 Å². The maximum atomic E-state index is 12.4. The number of hydrogen-bond acceptors (Lipinski definition) is 4. The van der Waals surface area contributed by atoms with Gasteiger partial charge >= 0.3 is 0 Å². The van der Waals surface area contributed by atoms with Crippen molar-refractivity contribution in [3.05, 3.63) is 24.3 Å². The van der Waals surface area contributed by atoms with Gasteiger partial charge in [0.05, 0.1) is 5.92 Å². The summed E-state index contributed by atoms with van der Waals surface area (Å²) in [6, 6.07) is 6.92. The molecule has 2 N–H and O–H groups in total. The van der Waals surface area contributed by atoms with Gasteiger partial charge in [0.15, 0.2) is 0 Å². The lowest BCUT2D eigenvalue weighted by Gasteiger charge is -2.18. The Bertz CT molecular complexity index is 628. The van der Waals surface area contributed by atoms with Crippen LogP contribution in [0.1, 0.15) is 19.8 Å². The molecule has 1 aromatic carbocycles. The van der Waals surface area contributed by atoms with E-state index < -0.39 is 0 Å². The third-order valence-corrected chi connectivity index (χ3v) is 4.09. The highest BCUT2D eigenvalue weighted by molar-refractivity contribution is 5.97. The van der Waals surface area contributed by atoms with Crippen LogP contribution in [-0.2, 0) is 14.4 Å². The van der Waals surface area contributed by atoms with Crippen LogP contribution in [0.25, 0.3) is 0 Å². The van der Waals surface area contributed by atoms with Crippen molar-refractivity contribution in [2.75, 3.05) is 44.4 Å². The first-order chi connectivity index (χ1) is 11.8. The third-order valence-electron chi connectivity index (χ3n) is 4.09. The highest BCUT2D eigenvalue weighted by atomic mass is 16.2. The average molecular weight is 346 g/mol. The Morgan fingerprint density at radius 1 is 1.16 bits per heavy atom. The molecule has 0 saturated carbocycles. The molecule has 25 heavy (non-hydrogen) atoms. The number of carbonyl (C=O) groups excluding carboxylic acids is 3. The Hall–Kier alpha value is -2.41. The minimum Gasteiger partial charge on any atom is -0.342 e. The van der Waals surface area contributed by atoms with Gasteiger partial charge in [-0.3, -0.25) is 14.4 Å². The quantitative estimate of drug-likeness (QED) is 0.782. The van der Waals surface area contributed by atoms with Crippen molar-refractivity contribution in [3.63, 3.8) is 0 Å². The van der Waals surface area contributed by atoms with Crippen molar-refractivity contribution < 1.29 is 14.4 Å². The van der Waals surface area contributed by atoms with Gasteiger partial charge in [-0.15, -0.1) is 0 Å². The van der Waals surface area contributed by atoms with E-state index in [-0.39, 0.29) is 30.1 Å². The zero-order valence-corrected chi connectivity index (χ0v) is 15.0. The Balaban J connectivity index is 1.84. The monoisotopic (exact) mass is 346 g/mol.